The van der Waals surface area contributed by atoms with E-state index in [-0.39, 0.29) is 5.75 Å². The maximum Gasteiger partial charge on any atom is 0.407 e. The average molecular weight is 452 g/mol. The molecule has 0 aliphatic carbocycles. The van der Waals surface area contributed by atoms with E-state index in [0.717, 1.165) is 4.47 Å². The molecule has 1 atom stereocenters. The summed E-state index contributed by atoms with van der Waals surface area (Å²) >= 11 is 9.57. The van der Waals surface area contributed by atoms with Crippen molar-refractivity contribution >= 4 is 47.8 Å². The molecule has 18 heavy (non-hydrogen) atoms. The lowest BCUT2D eigenvalue weighted by atomic mass is 10.2. The zero-order valence-corrected chi connectivity index (χ0v) is 13.3. The maximum absolute atomic E-state index is 12.4. The van der Waals surface area contributed by atoms with Gasteiger partial charge in [0.25, 0.3) is 0 Å². The Morgan fingerprint density at radius 3 is 2.11 bits per heavy atom. The van der Waals surface area contributed by atoms with Crippen molar-refractivity contribution in [2.45, 2.75) is 6.18 Å². The summed E-state index contributed by atoms with van der Waals surface area (Å²) in [6.45, 7) is -0.751. The number of ether oxygens (including phenoxy) is 1. The van der Waals surface area contributed by atoms with E-state index < -0.39 is 18.7 Å². The molecule has 0 heterocycles. The van der Waals surface area contributed by atoms with Crippen molar-refractivity contribution in [1.82, 2.24) is 0 Å². The summed E-state index contributed by atoms with van der Waals surface area (Å²) < 4.78 is 43.8. The van der Waals surface area contributed by atoms with Crippen LogP contribution in [0.3, 0.4) is 0 Å². The summed E-state index contributed by atoms with van der Waals surface area (Å²) in [4.78, 5) is 0. The SMILES string of the molecule is N#CC(COc1c(Br)cc(Br)cc1Br)C(F)(F)F. The Kier molecular flexibility index (Phi) is 5.49. The second kappa shape index (κ2) is 6.26. The molecule has 1 unspecified atom stereocenters. The van der Waals surface area contributed by atoms with Crippen LogP contribution in [0.4, 0.5) is 13.2 Å². The Bertz CT molecular complexity index is 461. The quantitative estimate of drug-likeness (QED) is 0.644. The Labute approximate surface area is 126 Å². The van der Waals surface area contributed by atoms with Crippen LogP contribution in [0.25, 0.3) is 0 Å². The predicted octanol–water partition coefficient (Wildman–Crippen LogP) is 5.05. The highest BCUT2D eigenvalue weighted by atomic mass is 79.9. The predicted molar refractivity (Wildman–Crippen MR) is 70.2 cm³/mol. The number of hydrogen-bond acceptors (Lipinski definition) is 2. The van der Waals surface area contributed by atoms with Gasteiger partial charge in [-0.05, 0) is 44.0 Å². The molecule has 0 saturated heterocycles. The molecular formula is C10H5Br3F3NO. The van der Waals surface area contributed by atoms with Crippen molar-refractivity contribution in [3.63, 3.8) is 0 Å². The summed E-state index contributed by atoms with van der Waals surface area (Å²) in [5.41, 5.74) is 0. The van der Waals surface area contributed by atoms with Gasteiger partial charge in [-0.15, -0.1) is 0 Å². The smallest absolute Gasteiger partial charge is 0.407 e. The first-order valence-corrected chi connectivity index (χ1v) is 6.87. The molecule has 0 spiro atoms. The fraction of sp³-hybridized carbons (Fsp3) is 0.300. The highest BCUT2D eigenvalue weighted by molar-refractivity contribution is 9.11. The summed E-state index contributed by atoms with van der Waals surface area (Å²) in [6, 6.07) is 4.44. The van der Waals surface area contributed by atoms with Gasteiger partial charge < -0.3 is 4.74 Å². The zero-order chi connectivity index (χ0) is 13.9. The van der Waals surface area contributed by atoms with Crippen molar-refractivity contribution in [1.29, 1.82) is 5.26 Å². The van der Waals surface area contributed by atoms with Gasteiger partial charge >= 0.3 is 6.18 Å². The number of rotatable bonds is 3. The summed E-state index contributed by atoms with van der Waals surface area (Å²) in [5.74, 6) is -1.93. The van der Waals surface area contributed by atoms with Crippen molar-refractivity contribution < 1.29 is 17.9 Å². The fourth-order valence-corrected chi connectivity index (χ4v) is 3.53. The molecule has 2 nitrogen and oxygen atoms in total. The molecule has 1 aromatic carbocycles. The van der Waals surface area contributed by atoms with Gasteiger partial charge in [0.15, 0.2) is 5.92 Å². The van der Waals surface area contributed by atoms with Crippen LogP contribution in [0.1, 0.15) is 0 Å². The summed E-state index contributed by atoms with van der Waals surface area (Å²) in [5, 5.41) is 8.44. The Balaban J connectivity index is 2.85. The lowest BCUT2D eigenvalue weighted by molar-refractivity contribution is -0.165. The van der Waals surface area contributed by atoms with Gasteiger partial charge in [-0.1, -0.05) is 15.9 Å². The van der Waals surface area contributed by atoms with E-state index in [1.807, 2.05) is 0 Å². The van der Waals surface area contributed by atoms with Crippen LogP contribution in [-0.2, 0) is 0 Å². The van der Waals surface area contributed by atoms with Crippen LogP contribution in [0.15, 0.2) is 25.6 Å². The Hall–Kier alpha value is -0.260. The molecule has 0 aliphatic heterocycles. The highest BCUT2D eigenvalue weighted by Crippen LogP contribution is 2.37. The third kappa shape index (κ3) is 4.14. The van der Waals surface area contributed by atoms with Gasteiger partial charge in [-0.2, -0.15) is 18.4 Å². The first-order chi connectivity index (χ1) is 8.25. The second-order valence-corrected chi connectivity index (χ2v) is 5.86. The monoisotopic (exact) mass is 449 g/mol. The minimum Gasteiger partial charge on any atom is -0.489 e. The minimum atomic E-state index is -4.59. The standard InChI is InChI=1S/C10H5Br3F3NO/c11-6-1-7(12)9(8(13)2-6)18-4-5(3-17)10(14,15)16/h1-2,5H,4H2. The summed E-state index contributed by atoms with van der Waals surface area (Å²) in [6.07, 6.45) is -4.59. The van der Waals surface area contributed by atoms with Crippen LogP contribution in [0, 0.1) is 17.2 Å². The molecule has 0 saturated carbocycles. The van der Waals surface area contributed by atoms with Crippen LogP contribution in [0.2, 0.25) is 0 Å². The molecule has 1 aromatic rings. The van der Waals surface area contributed by atoms with E-state index in [1.165, 1.54) is 6.07 Å². The molecule has 1 rings (SSSR count). The largest absolute Gasteiger partial charge is 0.489 e. The molecule has 0 N–H and O–H groups in total. The van der Waals surface area contributed by atoms with Gasteiger partial charge in [-0.25, -0.2) is 0 Å². The van der Waals surface area contributed by atoms with E-state index in [9.17, 15) is 13.2 Å². The van der Waals surface area contributed by atoms with Crippen molar-refractivity contribution in [3.8, 4) is 11.8 Å². The summed E-state index contributed by atoms with van der Waals surface area (Å²) in [7, 11) is 0. The van der Waals surface area contributed by atoms with Crippen LogP contribution in [0.5, 0.6) is 5.75 Å². The highest BCUT2D eigenvalue weighted by Gasteiger charge is 2.40. The maximum atomic E-state index is 12.4. The van der Waals surface area contributed by atoms with Crippen LogP contribution in [-0.4, -0.2) is 12.8 Å². The second-order valence-electron chi connectivity index (χ2n) is 3.23. The third-order valence-electron chi connectivity index (χ3n) is 1.91. The van der Waals surface area contributed by atoms with Crippen LogP contribution >= 0.6 is 47.8 Å². The Morgan fingerprint density at radius 1 is 1.22 bits per heavy atom. The molecule has 0 radical (unpaired) electrons. The number of alkyl halides is 3. The molecule has 0 aliphatic rings. The Morgan fingerprint density at radius 2 is 1.72 bits per heavy atom. The van der Waals surface area contributed by atoms with Gasteiger partial charge in [-0.3, -0.25) is 0 Å². The van der Waals surface area contributed by atoms with Gasteiger partial charge in [0, 0.05) is 4.47 Å². The number of nitriles is 1. The zero-order valence-electron chi connectivity index (χ0n) is 8.56. The lowest BCUT2D eigenvalue weighted by Gasteiger charge is -2.16. The molecule has 8 heteroatoms. The van der Waals surface area contributed by atoms with Crippen molar-refractivity contribution in [3.05, 3.63) is 25.6 Å². The molecule has 0 bridgehead atoms. The molecule has 98 valence electrons. The fourth-order valence-electron chi connectivity index (χ4n) is 1.04. The first kappa shape index (κ1) is 15.8. The topological polar surface area (TPSA) is 33.0 Å². The molecule has 0 aromatic heterocycles. The number of nitrogens with zero attached hydrogens (tertiary/aromatic N) is 1. The first-order valence-electron chi connectivity index (χ1n) is 4.49. The number of hydrogen-bond donors (Lipinski definition) is 0. The van der Waals surface area contributed by atoms with E-state index in [1.54, 1.807) is 12.1 Å². The van der Waals surface area contributed by atoms with Crippen molar-refractivity contribution in [2.75, 3.05) is 6.61 Å². The third-order valence-corrected chi connectivity index (χ3v) is 3.54. The van der Waals surface area contributed by atoms with Gasteiger partial charge in [0.05, 0.1) is 15.0 Å². The number of benzene rings is 1. The molecule has 0 amide bonds. The van der Waals surface area contributed by atoms with E-state index in [4.69, 9.17) is 10.00 Å². The minimum absolute atomic E-state index is 0.225. The van der Waals surface area contributed by atoms with Gasteiger partial charge in [0.2, 0.25) is 0 Å². The number of halogens is 6. The molecular weight excluding hydrogens is 447 g/mol. The average Bonchev–Trinajstić information content (AvgIpc) is 2.19. The molecule has 0 fully saturated rings. The normalized spacial score (nSPS) is 12.9. The lowest BCUT2D eigenvalue weighted by Crippen LogP contribution is -2.27. The van der Waals surface area contributed by atoms with Gasteiger partial charge in [0.1, 0.15) is 12.4 Å². The van der Waals surface area contributed by atoms with E-state index in [2.05, 4.69) is 47.8 Å². The van der Waals surface area contributed by atoms with E-state index in [0.29, 0.717) is 8.95 Å². The van der Waals surface area contributed by atoms with Crippen molar-refractivity contribution in [2.24, 2.45) is 5.92 Å². The van der Waals surface area contributed by atoms with E-state index >= 15 is 0 Å². The van der Waals surface area contributed by atoms with Crippen LogP contribution < -0.4 is 4.74 Å².